The molecule has 134 valence electrons. The van der Waals surface area contributed by atoms with Gasteiger partial charge in [0, 0.05) is 23.2 Å². The molecular weight excluding hydrogens is 428 g/mol. The van der Waals surface area contributed by atoms with Crippen LogP contribution in [0.2, 0.25) is 5.02 Å². The Bertz CT molecular complexity index is 866. The summed E-state index contributed by atoms with van der Waals surface area (Å²) in [7, 11) is -3.66. The van der Waals surface area contributed by atoms with Gasteiger partial charge in [-0.25, -0.2) is 8.42 Å². The Hall–Kier alpha value is -1.41. The van der Waals surface area contributed by atoms with Crippen LogP contribution in [0.25, 0.3) is 0 Å². The highest BCUT2D eigenvalue weighted by Gasteiger charge is 2.23. The quantitative estimate of drug-likeness (QED) is 0.717. The first-order chi connectivity index (χ1) is 11.8. The van der Waals surface area contributed by atoms with Crippen LogP contribution in [0.4, 0.5) is 5.69 Å². The molecule has 0 saturated heterocycles. The van der Waals surface area contributed by atoms with Crippen LogP contribution in [0.3, 0.4) is 0 Å². The van der Waals surface area contributed by atoms with E-state index in [1.165, 1.54) is 22.5 Å². The number of hydrogen-bond acceptors (Lipinski definition) is 3. The van der Waals surface area contributed by atoms with E-state index in [4.69, 9.17) is 11.6 Å². The van der Waals surface area contributed by atoms with E-state index < -0.39 is 15.9 Å². The monoisotopic (exact) mass is 444 g/mol. The lowest BCUT2D eigenvalue weighted by Gasteiger charge is -2.19. The lowest BCUT2D eigenvalue weighted by molar-refractivity contribution is 0.102. The highest BCUT2D eigenvalue weighted by atomic mass is 79.9. The second-order valence-corrected chi connectivity index (χ2v) is 8.45. The summed E-state index contributed by atoms with van der Waals surface area (Å²) in [6, 6.07) is 11.2. The van der Waals surface area contributed by atoms with Crippen LogP contribution >= 0.6 is 27.5 Å². The molecule has 1 N–H and O–H groups in total. The summed E-state index contributed by atoms with van der Waals surface area (Å²) in [4.78, 5) is 12.5. The minimum Gasteiger partial charge on any atom is -0.322 e. The molecule has 0 aromatic heterocycles. The Balaban J connectivity index is 2.35. The van der Waals surface area contributed by atoms with Crippen LogP contribution < -0.4 is 5.32 Å². The molecule has 2 rings (SSSR count). The van der Waals surface area contributed by atoms with Gasteiger partial charge in [-0.1, -0.05) is 41.4 Å². The van der Waals surface area contributed by atoms with Gasteiger partial charge in [-0.15, -0.1) is 0 Å². The fourth-order valence-corrected chi connectivity index (χ4v) is 4.24. The van der Waals surface area contributed by atoms with Crippen molar-refractivity contribution in [1.82, 2.24) is 4.31 Å². The van der Waals surface area contributed by atoms with Gasteiger partial charge in [-0.2, -0.15) is 4.31 Å². The van der Waals surface area contributed by atoms with E-state index in [0.717, 1.165) is 4.47 Å². The summed E-state index contributed by atoms with van der Waals surface area (Å²) in [5.41, 5.74) is 0.694. The van der Waals surface area contributed by atoms with Crippen molar-refractivity contribution >= 4 is 49.1 Å². The molecule has 0 fully saturated rings. The molecule has 0 heterocycles. The summed E-state index contributed by atoms with van der Waals surface area (Å²) in [5.74, 6) is -0.469. The third-order valence-electron chi connectivity index (χ3n) is 3.63. The second-order valence-electron chi connectivity index (χ2n) is 5.19. The Morgan fingerprint density at radius 1 is 1.12 bits per heavy atom. The van der Waals surface area contributed by atoms with Gasteiger partial charge >= 0.3 is 0 Å². The zero-order chi connectivity index (χ0) is 18.6. The number of rotatable bonds is 6. The summed E-state index contributed by atoms with van der Waals surface area (Å²) >= 11 is 9.42. The molecular formula is C17H18BrClN2O3S. The van der Waals surface area contributed by atoms with Crippen molar-refractivity contribution in [2.24, 2.45) is 0 Å². The average Bonchev–Trinajstić information content (AvgIpc) is 2.58. The number of nitrogens with one attached hydrogen (secondary N) is 1. The van der Waals surface area contributed by atoms with E-state index in [1.807, 2.05) is 0 Å². The van der Waals surface area contributed by atoms with Gasteiger partial charge in [0.25, 0.3) is 5.91 Å². The lowest BCUT2D eigenvalue weighted by Crippen LogP contribution is -2.30. The van der Waals surface area contributed by atoms with E-state index in [9.17, 15) is 13.2 Å². The minimum absolute atomic E-state index is 0.0431. The molecule has 0 aliphatic carbocycles. The van der Waals surface area contributed by atoms with Crippen molar-refractivity contribution in [3.8, 4) is 0 Å². The molecule has 2 aromatic rings. The number of halogens is 2. The average molecular weight is 446 g/mol. The Kier molecular flexibility index (Phi) is 6.62. The fraction of sp³-hybridized carbons (Fsp3) is 0.235. The molecule has 0 aliphatic rings. The first-order valence-corrected chi connectivity index (χ1v) is 10.3. The van der Waals surface area contributed by atoms with Crippen molar-refractivity contribution in [3.63, 3.8) is 0 Å². The maximum Gasteiger partial charge on any atom is 0.257 e. The molecule has 8 heteroatoms. The summed E-state index contributed by atoms with van der Waals surface area (Å²) in [6.45, 7) is 4.22. The van der Waals surface area contributed by atoms with Gasteiger partial charge in [-0.3, -0.25) is 4.79 Å². The molecule has 2 aromatic carbocycles. The van der Waals surface area contributed by atoms with E-state index in [2.05, 4.69) is 21.2 Å². The predicted molar refractivity (Wildman–Crippen MR) is 104 cm³/mol. The lowest BCUT2D eigenvalue weighted by atomic mass is 10.2. The summed E-state index contributed by atoms with van der Waals surface area (Å²) in [6.07, 6.45) is 0. The highest BCUT2D eigenvalue weighted by molar-refractivity contribution is 9.10. The molecule has 0 radical (unpaired) electrons. The van der Waals surface area contributed by atoms with Gasteiger partial charge in [0.15, 0.2) is 0 Å². The number of anilines is 1. The number of nitrogens with zero attached hydrogens (tertiary/aromatic N) is 1. The van der Waals surface area contributed by atoms with Gasteiger partial charge in [0.1, 0.15) is 0 Å². The normalized spacial score (nSPS) is 11.6. The van der Waals surface area contributed by atoms with Crippen molar-refractivity contribution < 1.29 is 13.2 Å². The second kappa shape index (κ2) is 8.31. The van der Waals surface area contributed by atoms with E-state index in [1.54, 1.807) is 38.1 Å². The maximum absolute atomic E-state index is 12.6. The Morgan fingerprint density at radius 2 is 1.72 bits per heavy atom. The van der Waals surface area contributed by atoms with Crippen molar-refractivity contribution in [2.45, 2.75) is 18.7 Å². The predicted octanol–water partition coefficient (Wildman–Crippen LogP) is 4.39. The number of sulfonamides is 1. The molecule has 0 unspecified atom stereocenters. The van der Waals surface area contributed by atoms with Crippen molar-refractivity contribution in [1.29, 1.82) is 0 Å². The van der Waals surface area contributed by atoms with E-state index in [0.29, 0.717) is 18.8 Å². The fourth-order valence-electron chi connectivity index (χ4n) is 2.28. The smallest absolute Gasteiger partial charge is 0.257 e. The largest absolute Gasteiger partial charge is 0.322 e. The third-order valence-corrected chi connectivity index (χ3v) is 6.53. The molecule has 0 aliphatic heterocycles. The number of carbonyl (C=O) groups is 1. The van der Waals surface area contributed by atoms with Crippen molar-refractivity contribution in [3.05, 3.63) is 57.5 Å². The summed E-state index contributed by atoms with van der Waals surface area (Å²) < 4.78 is 27.5. The van der Waals surface area contributed by atoms with E-state index in [-0.39, 0.29) is 15.5 Å². The van der Waals surface area contributed by atoms with Gasteiger partial charge in [0.2, 0.25) is 10.0 Å². The molecule has 0 saturated carbocycles. The van der Waals surface area contributed by atoms with Gasteiger partial charge in [0.05, 0.1) is 15.5 Å². The zero-order valence-electron chi connectivity index (χ0n) is 13.8. The number of benzene rings is 2. The highest BCUT2D eigenvalue weighted by Crippen LogP contribution is 2.24. The van der Waals surface area contributed by atoms with Gasteiger partial charge in [-0.05, 0) is 42.5 Å². The van der Waals surface area contributed by atoms with Crippen LogP contribution in [0.1, 0.15) is 24.2 Å². The Morgan fingerprint density at radius 3 is 2.28 bits per heavy atom. The standard InChI is InChI=1S/C17H18BrClN2O3S/c1-3-21(4-2)25(23,24)14-9-10-16(19)15(11-14)17(22)20-13-7-5-12(18)6-8-13/h5-11H,3-4H2,1-2H3,(H,20,22). The third kappa shape index (κ3) is 4.61. The molecule has 25 heavy (non-hydrogen) atoms. The first kappa shape index (κ1) is 19.9. The molecule has 1 amide bonds. The van der Waals surface area contributed by atoms with Crippen LogP contribution in [-0.4, -0.2) is 31.7 Å². The van der Waals surface area contributed by atoms with Gasteiger partial charge < -0.3 is 5.32 Å². The van der Waals surface area contributed by atoms with Crippen LogP contribution in [0.15, 0.2) is 51.8 Å². The molecule has 5 nitrogen and oxygen atoms in total. The van der Waals surface area contributed by atoms with Crippen LogP contribution in [0.5, 0.6) is 0 Å². The molecule has 0 spiro atoms. The number of amides is 1. The van der Waals surface area contributed by atoms with E-state index >= 15 is 0 Å². The minimum atomic E-state index is -3.66. The maximum atomic E-state index is 12.6. The number of hydrogen-bond donors (Lipinski definition) is 1. The summed E-state index contributed by atoms with van der Waals surface area (Å²) in [5, 5.41) is 2.90. The number of carbonyl (C=O) groups excluding carboxylic acids is 1. The molecule has 0 bridgehead atoms. The van der Waals surface area contributed by atoms with Crippen LogP contribution in [0, 0.1) is 0 Å². The van der Waals surface area contributed by atoms with Crippen LogP contribution in [-0.2, 0) is 10.0 Å². The zero-order valence-corrected chi connectivity index (χ0v) is 17.0. The topological polar surface area (TPSA) is 66.5 Å². The molecule has 0 atom stereocenters. The Labute approximate surface area is 161 Å². The van der Waals surface area contributed by atoms with Crippen molar-refractivity contribution in [2.75, 3.05) is 18.4 Å². The SMILES string of the molecule is CCN(CC)S(=O)(=O)c1ccc(Cl)c(C(=O)Nc2ccc(Br)cc2)c1. The first-order valence-electron chi connectivity index (χ1n) is 7.66.